The van der Waals surface area contributed by atoms with Crippen molar-refractivity contribution in [2.24, 2.45) is 0 Å². The Kier molecular flexibility index (Phi) is 5.66. The first-order valence-corrected chi connectivity index (χ1v) is 9.58. The third-order valence-electron chi connectivity index (χ3n) is 3.46. The van der Waals surface area contributed by atoms with E-state index in [-0.39, 0.29) is 19.8 Å². The van der Waals surface area contributed by atoms with E-state index >= 15 is 0 Å². The zero-order valence-corrected chi connectivity index (χ0v) is 15.1. The Morgan fingerprint density at radius 3 is 2.28 bits per heavy atom. The monoisotopic (exact) mass is 361 g/mol. The number of phosphoric acid groups is 1. The number of hydrogen-bond donors (Lipinski definition) is 0. The Morgan fingerprint density at radius 2 is 1.64 bits per heavy atom. The van der Waals surface area contributed by atoms with Crippen LogP contribution in [0.1, 0.15) is 19.4 Å². The summed E-state index contributed by atoms with van der Waals surface area (Å²) in [6.07, 6.45) is 0. The van der Waals surface area contributed by atoms with E-state index in [4.69, 9.17) is 18.0 Å². The number of benzene rings is 2. The molecule has 0 amide bonds. The van der Waals surface area contributed by atoms with E-state index < -0.39 is 7.82 Å². The van der Waals surface area contributed by atoms with Gasteiger partial charge in [0.05, 0.1) is 19.8 Å². The fraction of sp³-hybridized carbons (Fsp3) is 0.278. The molecule has 0 fully saturated rings. The second kappa shape index (κ2) is 7.93. The van der Waals surface area contributed by atoms with Crippen LogP contribution in [0, 0.1) is 0 Å². The van der Waals surface area contributed by atoms with Crippen molar-refractivity contribution in [3.8, 4) is 11.5 Å². The molecule has 0 aliphatic heterocycles. The lowest BCUT2D eigenvalue weighted by molar-refractivity contribution is 0.116. The highest BCUT2D eigenvalue weighted by molar-refractivity contribution is 7.48. The lowest BCUT2D eigenvalue weighted by atomic mass is 10.1. The maximum absolute atomic E-state index is 12.3. The highest BCUT2D eigenvalue weighted by Crippen LogP contribution is 2.49. The average molecular weight is 361 g/mol. The minimum Gasteiger partial charge on any atom is -0.436 e. The normalized spacial score (nSPS) is 11.9. The van der Waals surface area contributed by atoms with Crippen LogP contribution in [0.15, 0.2) is 52.9 Å². The number of oxazole rings is 1. The molecule has 0 unspecified atom stereocenters. The van der Waals surface area contributed by atoms with Gasteiger partial charge in [-0.3, -0.25) is 13.6 Å². The Morgan fingerprint density at radius 1 is 0.960 bits per heavy atom. The second-order valence-corrected chi connectivity index (χ2v) is 6.91. The van der Waals surface area contributed by atoms with Crippen LogP contribution in [-0.2, 0) is 24.7 Å². The molecule has 0 atom stereocenters. The first-order chi connectivity index (χ1) is 12.1. The van der Waals surface area contributed by atoms with Crippen molar-refractivity contribution in [1.82, 2.24) is 4.98 Å². The van der Waals surface area contributed by atoms with Crippen molar-refractivity contribution in [2.45, 2.75) is 20.5 Å². The maximum Gasteiger partial charge on any atom is 0.475 e. The number of para-hydroxylation sites is 2. The number of hydrogen-bond acceptors (Lipinski definition) is 6. The van der Waals surface area contributed by atoms with Gasteiger partial charge in [-0.2, -0.15) is 0 Å². The number of nitrogens with zero attached hydrogens (tertiary/aromatic N) is 1. The van der Waals surface area contributed by atoms with Gasteiger partial charge in [0.25, 0.3) is 0 Å². The largest absolute Gasteiger partial charge is 0.475 e. The molecule has 132 valence electrons. The topological polar surface area (TPSA) is 70.8 Å². The van der Waals surface area contributed by atoms with Crippen LogP contribution in [0.5, 0.6) is 0 Å². The van der Waals surface area contributed by atoms with E-state index in [2.05, 4.69) is 4.98 Å². The van der Waals surface area contributed by atoms with E-state index in [9.17, 15) is 4.57 Å². The van der Waals surface area contributed by atoms with Gasteiger partial charge in [-0.15, -0.1) is 0 Å². The lowest BCUT2D eigenvalue weighted by Crippen LogP contribution is -2.00. The highest BCUT2D eigenvalue weighted by Gasteiger charge is 2.25. The fourth-order valence-electron chi connectivity index (χ4n) is 2.32. The summed E-state index contributed by atoms with van der Waals surface area (Å²) < 4.78 is 33.6. The lowest BCUT2D eigenvalue weighted by Gasteiger charge is -2.16. The summed E-state index contributed by atoms with van der Waals surface area (Å²) in [6.45, 7) is 4.13. The number of phosphoric ester groups is 1. The van der Waals surface area contributed by atoms with Crippen molar-refractivity contribution in [1.29, 1.82) is 0 Å². The van der Waals surface area contributed by atoms with Crippen molar-refractivity contribution in [2.75, 3.05) is 13.2 Å². The Labute approximate surface area is 146 Å². The van der Waals surface area contributed by atoms with Crippen molar-refractivity contribution >= 4 is 18.9 Å². The molecule has 0 saturated carbocycles. The summed E-state index contributed by atoms with van der Waals surface area (Å²) in [4.78, 5) is 4.46. The quantitative estimate of drug-likeness (QED) is 0.514. The minimum atomic E-state index is -3.51. The van der Waals surface area contributed by atoms with Crippen LogP contribution < -0.4 is 0 Å². The van der Waals surface area contributed by atoms with Crippen LogP contribution in [0.2, 0.25) is 0 Å². The Bertz CT molecular complexity index is 832. The summed E-state index contributed by atoms with van der Waals surface area (Å²) in [7, 11) is -3.51. The van der Waals surface area contributed by atoms with Crippen molar-refractivity contribution < 1.29 is 22.6 Å². The van der Waals surface area contributed by atoms with Crippen molar-refractivity contribution in [3.63, 3.8) is 0 Å². The van der Waals surface area contributed by atoms with Crippen LogP contribution >= 0.6 is 7.82 Å². The molecular weight excluding hydrogens is 341 g/mol. The van der Waals surface area contributed by atoms with Crippen molar-refractivity contribution in [3.05, 3.63) is 54.1 Å². The van der Waals surface area contributed by atoms with E-state index in [0.29, 0.717) is 5.89 Å². The summed E-state index contributed by atoms with van der Waals surface area (Å²) in [6, 6.07) is 15.1. The zero-order chi connectivity index (χ0) is 17.7. The van der Waals surface area contributed by atoms with Gasteiger partial charge in [-0.1, -0.05) is 24.3 Å². The second-order valence-electron chi connectivity index (χ2n) is 5.24. The van der Waals surface area contributed by atoms with Gasteiger partial charge in [0.1, 0.15) is 5.52 Å². The Hall–Kier alpha value is -1.98. The molecule has 0 bridgehead atoms. The van der Waals surface area contributed by atoms with Gasteiger partial charge >= 0.3 is 7.82 Å². The average Bonchev–Trinajstić information content (AvgIpc) is 3.05. The molecule has 0 radical (unpaired) electrons. The highest BCUT2D eigenvalue weighted by atomic mass is 31.2. The van der Waals surface area contributed by atoms with E-state index in [1.54, 1.807) is 13.8 Å². The van der Waals surface area contributed by atoms with Gasteiger partial charge < -0.3 is 4.42 Å². The Balaban J connectivity index is 1.70. The number of rotatable bonds is 8. The van der Waals surface area contributed by atoms with Gasteiger partial charge in [0, 0.05) is 5.56 Å². The van der Waals surface area contributed by atoms with Gasteiger partial charge in [0.2, 0.25) is 5.89 Å². The predicted octanol–water partition coefficient (Wildman–Crippen LogP) is 5.19. The molecule has 0 aliphatic carbocycles. The first kappa shape index (κ1) is 17.8. The predicted molar refractivity (Wildman–Crippen MR) is 95.1 cm³/mol. The van der Waals surface area contributed by atoms with Gasteiger partial charge in [0.15, 0.2) is 5.58 Å². The SMILES string of the molecule is CCOP(=O)(OCC)OCc1ccc(-c2nc3ccccc3o2)cc1. The number of aromatic nitrogens is 1. The maximum atomic E-state index is 12.3. The van der Waals surface area contributed by atoms with Crippen LogP contribution in [0.25, 0.3) is 22.6 Å². The van der Waals surface area contributed by atoms with Gasteiger partial charge in [-0.25, -0.2) is 9.55 Å². The molecule has 3 aromatic rings. The molecule has 0 aliphatic rings. The van der Waals surface area contributed by atoms with Crippen LogP contribution in [0.4, 0.5) is 0 Å². The molecule has 7 heteroatoms. The minimum absolute atomic E-state index is 0.130. The van der Waals surface area contributed by atoms with Gasteiger partial charge in [-0.05, 0) is 43.7 Å². The van der Waals surface area contributed by atoms with Crippen LogP contribution in [-0.4, -0.2) is 18.2 Å². The summed E-state index contributed by atoms with van der Waals surface area (Å²) >= 11 is 0. The fourth-order valence-corrected chi connectivity index (χ4v) is 3.48. The molecule has 1 aromatic heterocycles. The van der Waals surface area contributed by atoms with E-state index in [1.165, 1.54) is 0 Å². The number of fused-ring (bicyclic) bond motifs is 1. The summed E-state index contributed by atoms with van der Waals surface area (Å²) in [5, 5.41) is 0. The van der Waals surface area contributed by atoms with E-state index in [1.807, 2.05) is 48.5 Å². The molecule has 0 saturated heterocycles. The van der Waals surface area contributed by atoms with E-state index in [0.717, 1.165) is 22.2 Å². The molecule has 25 heavy (non-hydrogen) atoms. The molecule has 6 nitrogen and oxygen atoms in total. The summed E-state index contributed by atoms with van der Waals surface area (Å²) in [5.41, 5.74) is 3.27. The molecular formula is C18H20NO5P. The smallest absolute Gasteiger partial charge is 0.436 e. The molecule has 2 aromatic carbocycles. The van der Waals surface area contributed by atoms with Crippen LogP contribution in [0.3, 0.4) is 0 Å². The molecule has 0 N–H and O–H groups in total. The molecule has 1 heterocycles. The third kappa shape index (κ3) is 4.35. The standard InChI is InChI=1S/C18H20NO5P/c1-3-21-25(20,22-4-2)23-13-14-9-11-15(12-10-14)18-19-16-7-5-6-8-17(16)24-18/h5-12H,3-4,13H2,1-2H3. The third-order valence-corrected chi connectivity index (χ3v) is 5.05. The summed E-state index contributed by atoms with van der Waals surface area (Å²) in [5.74, 6) is 0.558. The molecule has 0 spiro atoms. The molecule has 3 rings (SSSR count). The first-order valence-electron chi connectivity index (χ1n) is 8.12. The zero-order valence-electron chi connectivity index (χ0n) is 14.2.